The average molecular weight is 483 g/mol. The molecule has 7 nitrogen and oxygen atoms in total. The first-order valence-corrected chi connectivity index (χ1v) is 13.6. The number of rotatable bonds is 8. The van der Waals surface area contributed by atoms with Gasteiger partial charge in [0.05, 0.1) is 16.8 Å². The van der Waals surface area contributed by atoms with Gasteiger partial charge in [0.1, 0.15) is 0 Å². The van der Waals surface area contributed by atoms with Crippen LogP contribution in [0.4, 0.5) is 0 Å². The zero-order chi connectivity index (χ0) is 24.5. The normalized spacial score (nSPS) is 16.7. The highest BCUT2D eigenvalue weighted by molar-refractivity contribution is 7.89. The lowest BCUT2D eigenvalue weighted by molar-refractivity contribution is 0.100. The lowest BCUT2D eigenvalue weighted by atomic mass is 9.88. The Morgan fingerprint density at radius 3 is 2.56 bits per heavy atom. The maximum Gasteiger partial charge on any atom is 0.250 e. The summed E-state index contributed by atoms with van der Waals surface area (Å²) in [4.78, 5) is 15.6. The highest BCUT2D eigenvalue weighted by Gasteiger charge is 2.29. The number of carbonyl (C=O) groups excluding carboxylic acids is 1. The molecule has 0 bridgehead atoms. The van der Waals surface area contributed by atoms with Gasteiger partial charge in [-0.15, -0.1) is 0 Å². The molecular weight excluding hydrogens is 448 g/mol. The van der Waals surface area contributed by atoms with E-state index in [0.29, 0.717) is 18.7 Å². The smallest absolute Gasteiger partial charge is 0.250 e. The fourth-order valence-corrected chi connectivity index (χ4v) is 6.12. The number of primary amides is 1. The number of hydrogen-bond donors (Lipinski definition) is 3. The van der Waals surface area contributed by atoms with Crippen molar-refractivity contribution in [2.45, 2.75) is 45.6 Å². The van der Waals surface area contributed by atoms with Crippen molar-refractivity contribution >= 4 is 26.8 Å². The van der Waals surface area contributed by atoms with Gasteiger partial charge >= 0.3 is 0 Å². The van der Waals surface area contributed by atoms with Crippen LogP contribution in [0, 0.1) is 0 Å². The molecule has 3 aromatic rings. The zero-order valence-electron chi connectivity index (χ0n) is 20.1. The molecule has 4 rings (SSSR count). The molecule has 2 aromatic carbocycles. The van der Waals surface area contributed by atoms with E-state index >= 15 is 0 Å². The number of nitrogens with one attached hydrogen (secondary N) is 2. The predicted octanol–water partition coefficient (Wildman–Crippen LogP) is 4.13. The number of H-pyrrole nitrogens is 1. The van der Waals surface area contributed by atoms with Gasteiger partial charge in [0.2, 0.25) is 10.0 Å². The van der Waals surface area contributed by atoms with E-state index in [1.807, 2.05) is 18.3 Å². The van der Waals surface area contributed by atoms with E-state index < -0.39 is 15.9 Å². The zero-order valence-corrected chi connectivity index (χ0v) is 20.9. The van der Waals surface area contributed by atoms with Crippen molar-refractivity contribution in [3.8, 4) is 11.1 Å². The van der Waals surface area contributed by atoms with Gasteiger partial charge in [-0.2, -0.15) is 0 Å². The summed E-state index contributed by atoms with van der Waals surface area (Å²) in [6.07, 6.45) is 3.45. The molecule has 0 saturated carbocycles. The third-order valence-electron chi connectivity index (χ3n) is 6.97. The van der Waals surface area contributed by atoms with Gasteiger partial charge < -0.3 is 16.0 Å². The third kappa shape index (κ3) is 4.76. The Hall–Kier alpha value is -2.68. The van der Waals surface area contributed by atoms with E-state index in [1.165, 1.54) is 5.56 Å². The van der Waals surface area contributed by atoms with Crippen molar-refractivity contribution in [3.63, 3.8) is 0 Å². The number of hydrogen-bond acceptors (Lipinski definition) is 4. The number of nitrogens with two attached hydrogens (primary N) is 1. The van der Waals surface area contributed by atoms with E-state index in [0.717, 1.165) is 47.0 Å². The summed E-state index contributed by atoms with van der Waals surface area (Å²) in [6, 6.07) is 12.5. The maximum absolute atomic E-state index is 12.3. The van der Waals surface area contributed by atoms with Crippen molar-refractivity contribution < 1.29 is 13.2 Å². The largest absolute Gasteiger partial charge is 0.366 e. The minimum Gasteiger partial charge on any atom is -0.366 e. The maximum atomic E-state index is 12.3. The summed E-state index contributed by atoms with van der Waals surface area (Å²) in [6.45, 7) is 7.82. The SMILES string of the molecule is CCNC(C)c1cccc(-c2cc(C(N)=O)c3[nH]cc(C4CCN(S(=O)(=O)CC)CC4)c3c2)c1. The molecule has 0 spiro atoms. The molecule has 1 aromatic heterocycles. The van der Waals surface area contributed by atoms with Crippen molar-refractivity contribution in [3.05, 3.63) is 59.3 Å². The molecule has 1 unspecified atom stereocenters. The molecule has 2 heterocycles. The van der Waals surface area contributed by atoms with Crippen LogP contribution in [0.25, 0.3) is 22.0 Å². The van der Waals surface area contributed by atoms with Crippen molar-refractivity contribution in [2.24, 2.45) is 5.73 Å². The first-order valence-electron chi connectivity index (χ1n) is 12.0. The lowest BCUT2D eigenvalue weighted by Gasteiger charge is -2.31. The van der Waals surface area contributed by atoms with Gasteiger partial charge in [0, 0.05) is 30.7 Å². The Labute approximate surface area is 201 Å². The summed E-state index contributed by atoms with van der Waals surface area (Å²) in [5.41, 5.74) is 11.3. The number of carbonyl (C=O) groups is 1. The van der Waals surface area contributed by atoms with Crippen LogP contribution in [-0.4, -0.2) is 49.0 Å². The topological polar surface area (TPSA) is 108 Å². The van der Waals surface area contributed by atoms with Crippen LogP contribution in [0.2, 0.25) is 0 Å². The molecule has 1 atom stereocenters. The molecule has 34 heavy (non-hydrogen) atoms. The minimum absolute atomic E-state index is 0.127. The quantitative estimate of drug-likeness (QED) is 0.448. The van der Waals surface area contributed by atoms with Crippen LogP contribution in [0.1, 0.15) is 67.1 Å². The van der Waals surface area contributed by atoms with Crippen molar-refractivity contribution in [2.75, 3.05) is 25.4 Å². The Morgan fingerprint density at radius 1 is 1.18 bits per heavy atom. The molecule has 1 saturated heterocycles. The number of piperidine rings is 1. The van der Waals surface area contributed by atoms with Gasteiger partial charge in [-0.1, -0.05) is 25.1 Å². The summed E-state index contributed by atoms with van der Waals surface area (Å²) >= 11 is 0. The average Bonchev–Trinajstić information content (AvgIpc) is 3.27. The minimum atomic E-state index is -3.17. The van der Waals surface area contributed by atoms with Crippen molar-refractivity contribution in [1.29, 1.82) is 0 Å². The van der Waals surface area contributed by atoms with Crippen LogP contribution in [0.3, 0.4) is 0 Å². The highest BCUT2D eigenvalue weighted by atomic mass is 32.2. The fourth-order valence-electron chi connectivity index (χ4n) is 4.99. The molecular formula is C26H34N4O3S. The Morgan fingerprint density at radius 2 is 1.91 bits per heavy atom. The third-order valence-corrected chi connectivity index (χ3v) is 8.85. The molecule has 1 amide bonds. The van der Waals surface area contributed by atoms with Crippen LogP contribution in [0.5, 0.6) is 0 Å². The van der Waals surface area contributed by atoms with Gasteiger partial charge in [0.15, 0.2) is 0 Å². The number of benzene rings is 2. The second-order valence-corrected chi connectivity index (χ2v) is 11.3. The van der Waals surface area contributed by atoms with Gasteiger partial charge in [-0.3, -0.25) is 4.79 Å². The number of aromatic amines is 1. The molecule has 182 valence electrons. The molecule has 1 aliphatic heterocycles. The molecule has 8 heteroatoms. The molecule has 4 N–H and O–H groups in total. The van der Waals surface area contributed by atoms with Crippen LogP contribution in [0.15, 0.2) is 42.6 Å². The Kier molecular flexibility index (Phi) is 7.12. The van der Waals surface area contributed by atoms with E-state index in [4.69, 9.17) is 5.73 Å². The number of aromatic nitrogens is 1. The van der Waals surface area contributed by atoms with E-state index in [1.54, 1.807) is 11.2 Å². The summed E-state index contributed by atoms with van der Waals surface area (Å²) < 4.78 is 26.1. The summed E-state index contributed by atoms with van der Waals surface area (Å²) in [5.74, 6) is -0.129. The van der Waals surface area contributed by atoms with Crippen LogP contribution >= 0.6 is 0 Å². The lowest BCUT2D eigenvalue weighted by Crippen LogP contribution is -2.38. The van der Waals surface area contributed by atoms with E-state index in [9.17, 15) is 13.2 Å². The summed E-state index contributed by atoms with van der Waals surface area (Å²) in [5, 5.41) is 4.42. The molecule has 1 fully saturated rings. The Bertz CT molecular complexity index is 1290. The Balaban J connectivity index is 1.73. The van der Waals surface area contributed by atoms with Gasteiger partial charge in [-0.25, -0.2) is 12.7 Å². The summed E-state index contributed by atoms with van der Waals surface area (Å²) in [7, 11) is -3.17. The predicted molar refractivity (Wildman–Crippen MR) is 137 cm³/mol. The first-order chi connectivity index (χ1) is 16.2. The fraction of sp³-hybridized carbons (Fsp3) is 0.423. The van der Waals surface area contributed by atoms with E-state index in [2.05, 4.69) is 48.4 Å². The highest BCUT2D eigenvalue weighted by Crippen LogP contribution is 2.37. The monoisotopic (exact) mass is 482 g/mol. The molecule has 0 aliphatic carbocycles. The van der Waals surface area contributed by atoms with Crippen LogP contribution < -0.4 is 11.1 Å². The number of sulfonamides is 1. The van der Waals surface area contributed by atoms with Crippen LogP contribution in [-0.2, 0) is 10.0 Å². The second kappa shape index (κ2) is 9.90. The van der Waals surface area contributed by atoms with Gasteiger partial charge in [-0.05, 0) is 79.6 Å². The number of nitrogens with zero attached hydrogens (tertiary/aromatic N) is 1. The molecule has 1 aliphatic rings. The molecule has 0 radical (unpaired) electrons. The first kappa shape index (κ1) is 24.4. The second-order valence-electron chi connectivity index (χ2n) is 9.03. The standard InChI is InChI=1S/C26H34N4O3S/c1-4-28-17(3)19-7-6-8-20(13-19)21-14-22-24(16-29-25(22)23(15-21)26(27)31)18-9-11-30(12-10-18)34(32,33)5-2/h6-8,13-18,28-29H,4-5,9-12H2,1-3H3,(H2,27,31). The van der Waals surface area contributed by atoms with E-state index in [-0.39, 0.29) is 17.7 Å². The number of fused-ring (bicyclic) bond motifs is 1. The van der Waals surface area contributed by atoms with Gasteiger partial charge in [0.25, 0.3) is 5.91 Å². The van der Waals surface area contributed by atoms with Crippen molar-refractivity contribution in [1.82, 2.24) is 14.6 Å². The number of amides is 1.